The average Bonchev–Trinajstić information content (AvgIpc) is 3.39. The van der Waals surface area contributed by atoms with Crippen LogP contribution in [0.15, 0.2) is 77.0 Å². The Balaban J connectivity index is 1.40. The number of thiazole rings is 1. The summed E-state index contributed by atoms with van der Waals surface area (Å²) in [5.41, 5.74) is 2.69. The summed E-state index contributed by atoms with van der Waals surface area (Å²) in [6.45, 7) is 1.96. The van der Waals surface area contributed by atoms with E-state index in [1.54, 1.807) is 44.6 Å². The highest BCUT2D eigenvalue weighted by molar-refractivity contribution is 8.00. The number of benzene rings is 3. The SMILES string of the molecule is CCC(Sc1cccc(NC(=O)c2cccc(Cl)c2)c1)C(=O)Nc1nc(-c2ccc(OC)c(OC)c2)cs1. The second kappa shape index (κ2) is 12.8. The van der Waals surface area contributed by atoms with Crippen LogP contribution in [0.5, 0.6) is 11.5 Å². The van der Waals surface area contributed by atoms with Crippen LogP contribution in [0.1, 0.15) is 23.7 Å². The third-order valence-electron chi connectivity index (χ3n) is 5.53. The Labute approximate surface area is 234 Å². The Hall–Kier alpha value is -3.53. The molecule has 0 aliphatic carbocycles. The molecule has 4 aromatic rings. The topological polar surface area (TPSA) is 89.6 Å². The molecule has 2 N–H and O–H groups in total. The van der Waals surface area contributed by atoms with Crippen molar-refractivity contribution in [2.45, 2.75) is 23.5 Å². The molecule has 1 heterocycles. The van der Waals surface area contributed by atoms with Crippen molar-refractivity contribution in [3.05, 3.63) is 82.7 Å². The summed E-state index contributed by atoms with van der Waals surface area (Å²) >= 11 is 8.79. The highest BCUT2D eigenvalue weighted by atomic mass is 35.5. The van der Waals surface area contributed by atoms with Gasteiger partial charge in [0, 0.05) is 32.1 Å². The minimum Gasteiger partial charge on any atom is -0.493 e. The predicted octanol–water partition coefficient (Wildman–Crippen LogP) is 7.24. The van der Waals surface area contributed by atoms with Crippen molar-refractivity contribution in [2.24, 2.45) is 0 Å². The molecule has 1 aromatic heterocycles. The van der Waals surface area contributed by atoms with Gasteiger partial charge in [0.2, 0.25) is 5.91 Å². The molecule has 1 unspecified atom stereocenters. The number of nitrogens with one attached hydrogen (secondary N) is 2. The van der Waals surface area contributed by atoms with Gasteiger partial charge >= 0.3 is 0 Å². The molecule has 2 amide bonds. The number of carbonyl (C=O) groups excluding carboxylic acids is 2. The lowest BCUT2D eigenvalue weighted by Crippen LogP contribution is -2.24. The number of methoxy groups -OCH3 is 2. The zero-order valence-corrected chi connectivity index (χ0v) is 23.4. The van der Waals surface area contributed by atoms with E-state index in [2.05, 4.69) is 15.6 Å². The Morgan fingerprint density at radius 3 is 2.53 bits per heavy atom. The van der Waals surface area contributed by atoms with E-state index in [1.807, 2.05) is 48.7 Å². The van der Waals surface area contributed by atoms with E-state index in [0.717, 1.165) is 16.2 Å². The van der Waals surface area contributed by atoms with E-state index < -0.39 is 0 Å². The molecule has 0 fully saturated rings. The zero-order chi connectivity index (χ0) is 27.1. The van der Waals surface area contributed by atoms with Crippen LogP contribution in [0.2, 0.25) is 5.02 Å². The van der Waals surface area contributed by atoms with Crippen LogP contribution in [0.3, 0.4) is 0 Å². The van der Waals surface area contributed by atoms with Crippen LogP contribution >= 0.6 is 34.7 Å². The molecule has 0 aliphatic rings. The molecular formula is C28H26ClN3O4S2. The Bertz CT molecular complexity index is 1440. The van der Waals surface area contributed by atoms with Crippen molar-refractivity contribution >= 4 is 57.3 Å². The molecule has 196 valence electrons. The second-order valence-corrected chi connectivity index (χ2v) is 10.7. The van der Waals surface area contributed by atoms with Gasteiger partial charge in [0.05, 0.1) is 25.2 Å². The number of aromatic nitrogens is 1. The van der Waals surface area contributed by atoms with E-state index in [0.29, 0.717) is 39.3 Å². The van der Waals surface area contributed by atoms with Gasteiger partial charge < -0.3 is 20.1 Å². The number of thioether (sulfide) groups is 1. The number of nitrogens with zero attached hydrogens (tertiary/aromatic N) is 1. The number of amides is 2. The van der Waals surface area contributed by atoms with Crippen LogP contribution in [-0.4, -0.2) is 36.3 Å². The maximum atomic E-state index is 13.1. The summed E-state index contributed by atoms with van der Waals surface area (Å²) in [4.78, 5) is 31.1. The van der Waals surface area contributed by atoms with Crippen molar-refractivity contribution in [1.29, 1.82) is 0 Å². The number of hydrogen-bond acceptors (Lipinski definition) is 7. The first kappa shape index (κ1) is 27.5. The fraction of sp³-hybridized carbons (Fsp3) is 0.179. The van der Waals surface area contributed by atoms with E-state index in [1.165, 1.54) is 23.1 Å². The van der Waals surface area contributed by atoms with E-state index >= 15 is 0 Å². The molecule has 0 spiro atoms. The monoisotopic (exact) mass is 567 g/mol. The first-order valence-corrected chi connectivity index (χ1v) is 13.9. The number of hydrogen-bond donors (Lipinski definition) is 2. The zero-order valence-electron chi connectivity index (χ0n) is 21.0. The summed E-state index contributed by atoms with van der Waals surface area (Å²) in [6.07, 6.45) is 0.615. The van der Waals surface area contributed by atoms with Gasteiger partial charge in [-0.2, -0.15) is 0 Å². The molecule has 38 heavy (non-hydrogen) atoms. The lowest BCUT2D eigenvalue weighted by atomic mass is 10.1. The minimum absolute atomic E-state index is 0.140. The smallest absolute Gasteiger partial charge is 0.255 e. The van der Waals surface area contributed by atoms with Gasteiger partial charge in [0.1, 0.15) is 0 Å². The molecule has 7 nitrogen and oxygen atoms in total. The lowest BCUT2D eigenvalue weighted by Gasteiger charge is -2.14. The molecule has 0 radical (unpaired) electrons. The average molecular weight is 568 g/mol. The van der Waals surface area contributed by atoms with Crippen LogP contribution in [-0.2, 0) is 4.79 Å². The maximum absolute atomic E-state index is 13.1. The Morgan fingerprint density at radius 2 is 1.79 bits per heavy atom. The molecular weight excluding hydrogens is 542 g/mol. The van der Waals surface area contributed by atoms with E-state index in [9.17, 15) is 9.59 Å². The van der Waals surface area contributed by atoms with Crippen LogP contribution in [0, 0.1) is 0 Å². The normalized spacial score (nSPS) is 11.5. The third kappa shape index (κ3) is 6.86. The Morgan fingerprint density at radius 1 is 1.00 bits per heavy atom. The number of carbonyl (C=O) groups is 2. The summed E-state index contributed by atoms with van der Waals surface area (Å²) in [6, 6.07) is 19.7. The lowest BCUT2D eigenvalue weighted by molar-refractivity contribution is -0.115. The molecule has 0 aliphatic heterocycles. The molecule has 3 aromatic carbocycles. The first-order chi connectivity index (χ1) is 18.4. The van der Waals surface area contributed by atoms with Gasteiger partial charge in [0.15, 0.2) is 16.6 Å². The van der Waals surface area contributed by atoms with Crippen molar-refractivity contribution < 1.29 is 19.1 Å². The van der Waals surface area contributed by atoms with E-state index in [-0.39, 0.29) is 17.1 Å². The molecule has 0 saturated heterocycles. The van der Waals surface area contributed by atoms with Gasteiger partial charge in [-0.3, -0.25) is 9.59 Å². The Kier molecular flexibility index (Phi) is 9.28. The van der Waals surface area contributed by atoms with Crippen LogP contribution < -0.4 is 20.1 Å². The summed E-state index contributed by atoms with van der Waals surface area (Å²) in [7, 11) is 3.17. The summed E-state index contributed by atoms with van der Waals surface area (Å²) < 4.78 is 10.7. The van der Waals surface area contributed by atoms with Crippen LogP contribution in [0.4, 0.5) is 10.8 Å². The summed E-state index contributed by atoms with van der Waals surface area (Å²) in [5.74, 6) is 0.848. The molecule has 0 bridgehead atoms. The highest BCUT2D eigenvalue weighted by Gasteiger charge is 2.20. The van der Waals surface area contributed by atoms with Gasteiger partial charge in [-0.25, -0.2) is 4.98 Å². The van der Waals surface area contributed by atoms with Gasteiger partial charge in [-0.15, -0.1) is 23.1 Å². The molecule has 1 atom stereocenters. The van der Waals surface area contributed by atoms with Crippen molar-refractivity contribution in [3.8, 4) is 22.8 Å². The second-order valence-electron chi connectivity index (χ2n) is 8.10. The molecule has 4 rings (SSSR count). The number of halogens is 1. The minimum atomic E-state index is -0.345. The number of rotatable bonds is 10. The highest BCUT2D eigenvalue weighted by Crippen LogP contribution is 2.34. The van der Waals surface area contributed by atoms with E-state index in [4.69, 9.17) is 21.1 Å². The third-order valence-corrected chi connectivity index (χ3v) is 7.88. The predicted molar refractivity (Wildman–Crippen MR) is 155 cm³/mol. The molecule has 0 saturated carbocycles. The summed E-state index contributed by atoms with van der Waals surface area (Å²) in [5, 5.41) is 8.37. The van der Waals surface area contributed by atoms with Gasteiger partial charge in [-0.1, -0.05) is 30.7 Å². The van der Waals surface area contributed by atoms with Crippen molar-refractivity contribution in [1.82, 2.24) is 4.98 Å². The fourth-order valence-electron chi connectivity index (χ4n) is 3.61. The molecule has 10 heteroatoms. The van der Waals surface area contributed by atoms with Crippen molar-refractivity contribution in [2.75, 3.05) is 24.9 Å². The largest absolute Gasteiger partial charge is 0.493 e. The van der Waals surface area contributed by atoms with Gasteiger partial charge in [-0.05, 0) is 61.0 Å². The quantitative estimate of drug-likeness (QED) is 0.196. The van der Waals surface area contributed by atoms with Crippen molar-refractivity contribution in [3.63, 3.8) is 0 Å². The van der Waals surface area contributed by atoms with Gasteiger partial charge in [0.25, 0.3) is 5.91 Å². The van der Waals surface area contributed by atoms with Crippen LogP contribution in [0.25, 0.3) is 11.3 Å². The fourth-order valence-corrected chi connectivity index (χ4v) is 5.54. The first-order valence-electron chi connectivity index (χ1n) is 11.7. The number of anilines is 2. The maximum Gasteiger partial charge on any atom is 0.255 e. The number of ether oxygens (including phenoxy) is 2. The standard InChI is InChI=1S/C28H26ClN3O4S2/c1-4-25(38-21-10-6-9-20(15-21)30-26(33)18-7-5-8-19(29)13-18)27(34)32-28-31-22(16-37-28)17-11-12-23(35-2)24(14-17)36-3/h5-16,25H,4H2,1-3H3,(H,30,33)(H,31,32,34).